The van der Waals surface area contributed by atoms with Gasteiger partial charge in [-0.25, -0.2) is 8.78 Å². The summed E-state index contributed by atoms with van der Waals surface area (Å²) in [5.41, 5.74) is 1.99. The SMILES string of the molecule is CCC(CC)N(Cc1ccc(F)cc1)Cc1cc(C(=O)NCc2ccc(F)cc2)no1. The van der Waals surface area contributed by atoms with E-state index >= 15 is 0 Å². The molecule has 1 N–H and O–H groups in total. The van der Waals surface area contributed by atoms with E-state index in [-0.39, 0.29) is 29.8 Å². The Morgan fingerprint density at radius 2 is 1.55 bits per heavy atom. The van der Waals surface area contributed by atoms with Gasteiger partial charge in [0.25, 0.3) is 5.91 Å². The van der Waals surface area contributed by atoms with Gasteiger partial charge in [0, 0.05) is 25.2 Å². The molecule has 5 nitrogen and oxygen atoms in total. The van der Waals surface area contributed by atoms with Gasteiger partial charge in [0.05, 0.1) is 6.54 Å². The molecule has 0 aliphatic rings. The maximum atomic E-state index is 13.2. The Morgan fingerprint density at radius 3 is 2.13 bits per heavy atom. The average molecular weight is 427 g/mol. The van der Waals surface area contributed by atoms with E-state index < -0.39 is 0 Å². The van der Waals surface area contributed by atoms with Gasteiger partial charge in [-0.3, -0.25) is 9.69 Å². The predicted octanol–water partition coefficient (Wildman–Crippen LogP) is 5.07. The summed E-state index contributed by atoms with van der Waals surface area (Å²) in [6.45, 7) is 5.65. The highest BCUT2D eigenvalue weighted by Crippen LogP contribution is 2.18. The summed E-state index contributed by atoms with van der Waals surface area (Å²) >= 11 is 0. The molecule has 0 atom stereocenters. The molecule has 3 aromatic rings. The highest BCUT2D eigenvalue weighted by atomic mass is 19.1. The van der Waals surface area contributed by atoms with E-state index in [0.717, 1.165) is 24.0 Å². The monoisotopic (exact) mass is 427 g/mol. The van der Waals surface area contributed by atoms with E-state index in [0.29, 0.717) is 24.9 Å². The molecular formula is C24H27F2N3O2. The van der Waals surface area contributed by atoms with Gasteiger partial charge in [-0.2, -0.15) is 0 Å². The number of hydrogen-bond donors (Lipinski definition) is 1. The van der Waals surface area contributed by atoms with Crippen LogP contribution in [0.4, 0.5) is 8.78 Å². The maximum Gasteiger partial charge on any atom is 0.273 e. The Hall–Kier alpha value is -3.06. The van der Waals surface area contributed by atoms with Crippen LogP contribution in [0.15, 0.2) is 59.1 Å². The molecule has 0 radical (unpaired) electrons. The van der Waals surface area contributed by atoms with Crippen LogP contribution in [-0.4, -0.2) is 22.0 Å². The van der Waals surface area contributed by atoms with Crippen LogP contribution >= 0.6 is 0 Å². The first-order valence-corrected chi connectivity index (χ1v) is 10.4. The summed E-state index contributed by atoms with van der Waals surface area (Å²) in [4.78, 5) is 14.6. The molecule has 0 aliphatic heterocycles. The molecule has 2 aromatic carbocycles. The van der Waals surface area contributed by atoms with Crippen LogP contribution in [0, 0.1) is 11.6 Å². The lowest BCUT2D eigenvalue weighted by Crippen LogP contribution is -2.33. The summed E-state index contributed by atoms with van der Waals surface area (Å²) in [6.07, 6.45) is 1.91. The molecule has 164 valence electrons. The van der Waals surface area contributed by atoms with Crippen molar-refractivity contribution < 1.29 is 18.1 Å². The average Bonchev–Trinajstić information content (AvgIpc) is 3.24. The molecule has 1 heterocycles. The number of rotatable bonds is 10. The quantitative estimate of drug-likeness (QED) is 0.491. The molecule has 7 heteroatoms. The molecule has 0 bridgehead atoms. The lowest BCUT2D eigenvalue weighted by molar-refractivity contribution is 0.0941. The van der Waals surface area contributed by atoms with Gasteiger partial charge in [0.15, 0.2) is 11.5 Å². The van der Waals surface area contributed by atoms with E-state index in [2.05, 4.69) is 29.2 Å². The third-order valence-electron chi connectivity index (χ3n) is 5.27. The van der Waals surface area contributed by atoms with Gasteiger partial charge in [0.2, 0.25) is 0 Å². The Labute approximate surface area is 181 Å². The fraction of sp³-hybridized carbons (Fsp3) is 0.333. The summed E-state index contributed by atoms with van der Waals surface area (Å²) < 4.78 is 31.6. The van der Waals surface area contributed by atoms with Crippen LogP contribution in [0.5, 0.6) is 0 Å². The fourth-order valence-electron chi connectivity index (χ4n) is 3.51. The minimum Gasteiger partial charge on any atom is -0.359 e. The minimum atomic E-state index is -0.355. The number of amides is 1. The zero-order valence-electron chi connectivity index (χ0n) is 17.8. The third-order valence-corrected chi connectivity index (χ3v) is 5.27. The number of aromatic nitrogens is 1. The molecule has 31 heavy (non-hydrogen) atoms. The van der Waals surface area contributed by atoms with Crippen LogP contribution in [0.2, 0.25) is 0 Å². The van der Waals surface area contributed by atoms with Gasteiger partial charge in [-0.15, -0.1) is 0 Å². The second kappa shape index (κ2) is 10.8. The Morgan fingerprint density at radius 1 is 0.968 bits per heavy atom. The Kier molecular flexibility index (Phi) is 7.89. The van der Waals surface area contributed by atoms with Crippen LogP contribution in [-0.2, 0) is 19.6 Å². The summed E-state index contributed by atoms with van der Waals surface area (Å²) in [5, 5.41) is 6.66. The lowest BCUT2D eigenvalue weighted by atomic mass is 10.1. The van der Waals surface area contributed by atoms with Crippen LogP contribution in [0.3, 0.4) is 0 Å². The van der Waals surface area contributed by atoms with Crippen molar-refractivity contribution in [3.8, 4) is 0 Å². The summed E-state index contributed by atoms with van der Waals surface area (Å²) in [5.74, 6) is -0.351. The predicted molar refractivity (Wildman–Crippen MR) is 114 cm³/mol. The number of nitrogens with zero attached hydrogens (tertiary/aromatic N) is 2. The number of halogens is 2. The van der Waals surface area contributed by atoms with Crippen molar-refractivity contribution in [1.82, 2.24) is 15.4 Å². The molecular weight excluding hydrogens is 400 g/mol. The van der Waals surface area contributed by atoms with Gasteiger partial charge in [-0.05, 0) is 48.2 Å². The Balaban J connectivity index is 1.64. The van der Waals surface area contributed by atoms with Crippen molar-refractivity contribution in [2.75, 3.05) is 0 Å². The first-order chi connectivity index (χ1) is 15.0. The lowest BCUT2D eigenvalue weighted by Gasteiger charge is -2.29. The second-order valence-corrected chi connectivity index (χ2v) is 7.49. The standard InChI is InChI=1S/C24H27F2N3O2/c1-3-21(4-2)29(15-18-7-11-20(26)12-8-18)16-22-13-23(28-31-22)24(30)27-14-17-5-9-19(25)10-6-17/h5-13,21H,3-4,14-16H2,1-2H3,(H,27,30). The zero-order valence-corrected chi connectivity index (χ0v) is 17.8. The first kappa shape index (κ1) is 22.6. The van der Waals surface area contributed by atoms with Gasteiger partial charge < -0.3 is 9.84 Å². The van der Waals surface area contributed by atoms with E-state index in [4.69, 9.17) is 4.52 Å². The van der Waals surface area contributed by atoms with Crippen molar-refractivity contribution in [2.24, 2.45) is 0 Å². The maximum absolute atomic E-state index is 13.2. The Bertz CT molecular complexity index is 967. The van der Waals surface area contributed by atoms with E-state index in [1.807, 2.05) is 0 Å². The number of benzene rings is 2. The van der Waals surface area contributed by atoms with E-state index in [1.54, 1.807) is 30.3 Å². The first-order valence-electron chi connectivity index (χ1n) is 10.4. The summed E-state index contributed by atoms with van der Waals surface area (Å²) in [7, 11) is 0. The highest BCUT2D eigenvalue weighted by molar-refractivity contribution is 5.92. The topological polar surface area (TPSA) is 58.4 Å². The molecule has 0 unspecified atom stereocenters. The number of carbonyl (C=O) groups excluding carboxylic acids is 1. The molecule has 0 aliphatic carbocycles. The molecule has 0 saturated carbocycles. The zero-order chi connectivity index (χ0) is 22.2. The summed E-state index contributed by atoms with van der Waals surface area (Å²) in [6, 6.07) is 14.4. The highest BCUT2D eigenvalue weighted by Gasteiger charge is 2.20. The van der Waals surface area contributed by atoms with Gasteiger partial charge in [-0.1, -0.05) is 43.3 Å². The molecule has 3 rings (SSSR count). The molecule has 0 spiro atoms. The van der Waals surface area contributed by atoms with E-state index in [1.165, 1.54) is 24.3 Å². The van der Waals surface area contributed by atoms with Crippen LogP contribution in [0.25, 0.3) is 0 Å². The van der Waals surface area contributed by atoms with Crippen molar-refractivity contribution in [2.45, 2.75) is 52.4 Å². The molecule has 1 amide bonds. The number of nitrogens with one attached hydrogen (secondary N) is 1. The molecule has 1 aromatic heterocycles. The van der Waals surface area contributed by atoms with Crippen LogP contribution < -0.4 is 5.32 Å². The number of carbonyl (C=O) groups is 1. The normalized spacial score (nSPS) is 11.3. The largest absolute Gasteiger partial charge is 0.359 e. The van der Waals surface area contributed by atoms with Gasteiger partial charge in [0.1, 0.15) is 11.6 Å². The minimum absolute atomic E-state index is 0.198. The van der Waals surface area contributed by atoms with Crippen molar-refractivity contribution in [3.05, 3.63) is 88.8 Å². The fourth-order valence-corrected chi connectivity index (χ4v) is 3.51. The van der Waals surface area contributed by atoms with Crippen molar-refractivity contribution in [1.29, 1.82) is 0 Å². The molecule has 0 saturated heterocycles. The van der Waals surface area contributed by atoms with E-state index in [9.17, 15) is 13.6 Å². The van der Waals surface area contributed by atoms with Crippen LogP contribution in [0.1, 0.15) is 54.1 Å². The smallest absolute Gasteiger partial charge is 0.273 e. The number of hydrogen-bond acceptors (Lipinski definition) is 4. The van der Waals surface area contributed by atoms with Crippen molar-refractivity contribution in [3.63, 3.8) is 0 Å². The van der Waals surface area contributed by atoms with Crippen molar-refractivity contribution >= 4 is 5.91 Å². The molecule has 0 fully saturated rings. The second-order valence-electron chi connectivity index (χ2n) is 7.49. The third kappa shape index (κ3) is 6.46. The van der Waals surface area contributed by atoms with Gasteiger partial charge >= 0.3 is 0 Å².